The Bertz CT molecular complexity index is 1230. The highest BCUT2D eigenvalue weighted by Gasteiger charge is 2.33. The molecule has 0 saturated heterocycles. The predicted octanol–water partition coefficient (Wildman–Crippen LogP) is 7.25. The summed E-state index contributed by atoms with van der Waals surface area (Å²) in [6.45, 7) is 1.43. The van der Waals surface area contributed by atoms with E-state index in [2.05, 4.69) is 30.9 Å². The van der Waals surface area contributed by atoms with Gasteiger partial charge in [0.2, 0.25) is 0 Å². The molecule has 0 radical (unpaired) electrons. The molecule has 0 amide bonds. The number of benzene rings is 3. The van der Waals surface area contributed by atoms with Gasteiger partial charge in [0.1, 0.15) is 0 Å². The second kappa shape index (κ2) is 14.4. The van der Waals surface area contributed by atoms with Gasteiger partial charge in [0.25, 0.3) is 0 Å². The maximum Gasteiger partial charge on any atom is 0.416 e. The Morgan fingerprint density at radius 3 is 2.03 bits per heavy atom. The van der Waals surface area contributed by atoms with Gasteiger partial charge in [-0.1, -0.05) is 80.5 Å². The van der Waals surface area contributed by atoms with Crippen molar-refractivity contribution in [1.82, 2.24) is 5.06 Å². The van der Waals surface area contributed by atoms with Crippen molar-refractivity contribution < 1.29 is 27.9 Å². The predicted molar refractivity (Wildman–Crippen MR) is 141 cm³/mol. The average Bonchev–Trinajstić information content (AvgIpc) is 2.90. The van der Waals surface area contributed by atoms with Crippen molar-refractivity contribution in [1.29, 1.82) is 0 Å². The third-order valence-corrected chi connectivity index (χ3v) is 5.98. The molecule has 0 spiro atoms. The van der Waals surface area contributed by atoms with E-state index in [0.717, 1.165) is 29.2 Å². The minimum absolute atomic E-state index is 0.000136. The maximum atomic E-state index is 13.4. The Kier molecular flexibility index (Phi) is 11.0. The lowest BCUT2D eigenvalue weighted by molar-refractivity contribution is -0.191. The van der Waals surface area contributed by atoms with Gasteiger partial charge in [-0.2, -0.15) is 18.2 Å². The Hall–Kier alpha value is -3.60. The van der Waals surface area contributed by atoms with Crippen LogP contribution in [0, 0.1) is 11.8 Å². The van der Waals surface area contributed by atoms with E-state index in [0.29, 0.717) is 0 Å². The Labute approximate surface area is 222 Å². The van der Waals surface area contributed by atoms with Crippen LogP contribution in [0.4, 0.5) is 13.2 Å². The van der Waals surface area contributed by atoms with Crippen molar-refractivity contribution in [3.63, 3.8) is 0 Å². The summed E-state index contributed by atoms with van der Waals surface area (Å²) in [4.78, 5) is 16.3. The molecule has 3 aromatic carbocycles. The van der Waals surface area contributed by atoms with Gasteiger partial charge >= 0.3 is 12.1 Å². The summed E-state index contributed by atoms with van der Waals surface area (Å²) in [5.41, 5.74) is 2.99. The fourth-order valence-corrected chi connectivity index (χ4v) is 3.97. The lowest BCUT2D eigenvalue weighted by atomic mass is 10.0. The van der Waals surface area contributed by atoms with E-state index in [1.54, 1.807) is 12.1 Å². The highest BCUT2D eigenvalue weighted by Crippen LogP contribution is 2.32. The molecule has 4 nitrogen and oxygen atoms in total. The molecule has 0 aliphatic carbocycles. The monoisotopic (exact) mass is 523 g/mol. The summed E-state index contributed by atoms with van der Waals surface area (Å²) in [5, 5.41) is 10.2. The van der Waals surface area contributed by atoms with Gasteiger partial charge < -0.3 is 5.11 Å². The third kappa shape index (κ3) is 9.70. The number of halogens is 3. The van der Waals surface area contributed by atoms with Gasteiger partial charge in [-0.25, -0.2) is 4.79 Å². The van der Waals surface area contributed by atoms with E-state index >= 15 is 0 Å². The lowest BCUT2D eigenvalue weighted by Crippen LogP contribution is -2.27. The number of unbranched alkanes of at least 4 members (excludes halogenated alkanes) is 3. The standard InChI is InChI=1S/C31H32F3NO3/c1-2-3-4-5-8-24-11-13-25(14-12-24)15-16-26-17-19-27(20-18-26)21-35(38-23-30(36)37)22-28-9-6-7-10-29(28)31(32,33)34/h6-7,9-14,17-20H,2-5,8,21-23H2,1H3,(H,36,37). The van der Waals surface area contributed by atoms with E-state index < -0.39 is 24.3 Å². The zero-order valence-electron chi connectivity index (χ0n) is 21.4. The topological polar surface area (TPSA) is 49.8 Å². The normalized spacial score (nSPS) is 11.3. The molecule has 0 bridgehead atoms. The van der Waals surface area contributed by atoms with Crippen LogP contribution in [-0.4, -0.2) is 22.7 Å². The highest BCUT2D eigenvalue weighted by molar-refractivity contribution is 5.67. The first-order valence-corrected chi connectivity index (χ1v) is 12.7. The van der Waals surface area contributed by atoms with Crippen LogP contribution in [0.1, 0.15) is 66.0 Å². The van der Waals surface area contributed by atoms with Gasteiger partial charge in [-0.05, 0) is 59.9 Å². The number of rotatable bonds is 12. The van der Waals surface area contributed by atoms with Crippen LogP contribution in [-0.2, 0) is 35.3 Å². The highest BCUT2D eigenvalue weighted by atomic mass is 19.4. The maximum absolute atomic E-state index is 13.4. The van der Waals surface area contributed by atoms with Crippen molar-refractivity contribution in [3.8, 4) is 11.8 Å². The quantitative estimate of drug-likeness (QED) is 0.154. The van der Waals surface area contributed by atoms with Crippen molar-refractivity contribution in [2.24, 2.45) is 0 Å². The first kappa shape index (κ1) is 29.0. The summed E-state index contributed by atoms with van der Waals surface area (Å²) < 4.78 is 40.2. The number of alkyl halides is 3. The minimum atomic E-state index is -4.52. The number of aryl methyl sites for hydroxylation is 1. The van der Waals surface area contributed by atoms with Crippen molar-refractivity contribution in [2.45, 2.75) is 58.3 Å². The summed E-state index contributed by atoms with van der Waals surface area (Å²) in [5.74, 6) is 5.07. The molecule has 7 heteroatoms. The largest absolute Gasteiger partial charge is 0.479 e. The number of hydroxylamine groups is 2. The number of hydrogen-bond donors (Lipinski definition) is 1. The molecular formula is C31H32F3NO3. The van der Waals surface area contributed by atoms with Crippen LogP contribution >= 0.6 is 0 Å². The van der Waals surface area contributed by atoms with Crippen molar-refractivity contribution >= 4 is 5.97 Å². The van der Waals surface area contributed by atoms with Gasteiger partial charge in [0, 0.05) is 17.7 Å². The molecule has 0 aromatic heterocycles. The number of carboxylic acid groups (broad SMARTS) is 1. The van der Waals surface area contributed by atoms with Crippen LogP contribution in [0.3, 0.4) is 0 Å². The summed E-state index contributed by atoms with van der Waals surface area (Å²) in [7, 11) is 0. The molecular weight excluding hydrogens is 491 g/mol. The van der Waals surface area contributed by atoms with E-state index in [9.17, 15) is 18.0 Å². The zero-order chi connectivity index (χ0) is 27.4. The smallest absolute Gasteiger partial charge is 0.416 e. The summed E-state index contributed by atoms with van der Waals surface area (Å²) >= 11 is 0. The fourth-order valence-electron chi connectivity index (χ4n) is 3.97. The molecule has 0 aliphatic heterocycles. The van der Waals surface area contributed by atoms with E-state index in [4.69, 9.17) is 9.94 Å². The van der Waals surface area contributed by atoms with E-state index in [1.807, 2.05) is 24.3 Å². The first-order chi connectivity index (χ1) is 18.2. The van der Waals surface area contributed by atoms with E-state index in [-0.39, 0.29) is 18.7 Å². The van der Waals surface area contributed by atoms with Gasteiger partial charge in [0.05, 0.1) is 12.1 Å². The van der Waals surface area contributed by atoms with Crippen molar-refractivity contribution in [3.05, 3.63) is 106 Å². The van der Waals surface area contributed by atoms with Gasteiger partial charge in [0.15, 0.2) is 6.61 Å². The summed E-state index contributed by atoms with van der Waals surface area (Å²) in [6.07, 6.45) is 1.48. The van der Waals surface area contributed by atoms with Crippen LogP contribution < -0.4 is 0 Å². The van der Waals surface area contributed by atoms with Gasteiger partial charge in [-0.3, -0.25) is 4.84 Å². The number of carbonyl (C=O) groups is 1. The van der Waals surface area contributed by atoms with Crippen LogP contribution in [0.2, 0.25) is 0 Å². The first-order valence-electron chi connectivity index (χ1n) is 12.7. The average molecular weight is 524 g/mol. The van der Waals surface area contributed by atoms with Gasteiger partial charge in [-0.15, -0.1) is 0 Å². The molecule has 3 aromatic rings. The minimum Gasteiger partial charge on any atom is -0.479 e. The number of nitrogens with zero attached hydrogens (tertiary/aromatic N) is 1. The van der Waals surface area contributed by atoms with Crippen LogP contribution in [0.5, 0.6) is 0 Å². The number of carboxylic acids is 1. The molecule has 0 heterocycles. The zero-order valence-corrected chi connectivity index (χ0v) is 21.4. The molecule has 0 atom stereocenters. The second-order valence-corrected chi connectivity index (χ2v) is 9.07. The molecule has 0 fully saturated rings. The van der Waals surface area contributed by atoms with Crippen molar-refractivity contribution in [2.75, 3.05) is 6.61 Å². The summed E-state index contributed by atoms with van der Waals surface area (Å²) in [6, 6.07) is 20.7. The van der Waals surface area contributed by atoms with Crippen LogP contribution in [0.15, 0.2) is 72.8 Å². The molecule has 0 saturated carbocycles. The van der Waals surface area contributed by atoms with Crippen LogP contribution in [0.25, 0.3) is 0 Å². The number of aliphatic carboxylic acids is 1. The molecule has 200 valence electrons. The molecule has 3 rings (SSSR count). The molecule has 38 heavy (non-hydrogen) atoms. The SMILES string of the molecule is CCCCCCc1ccc(C#Cc2ccc(CN(Cc3ccccc3C(F)(F)F)OCC(=O)O)cc2)cc1. The second-order valence-electron chi connectivity index (χ2n) is 9.07. The Morgan fingerprint density at radius 2 is 1.45 bits per heavy atom. The van der Waals surface area contributed by atoms with E-state index in [1.165, 1.54) is 54.5 Å². The molecule has 1 N–H and O–H groups in total. The Balaban J connectivity index is 1.65. The molecule has 0 unspecified atom stereocenters. The lowest BCUT2D eigenvalue weighted by Gasteiger charge is -2.23. The molecule has 0 aliphatic rings. The number of hydrogen-bond acceptors (Lipinski definition) is 3. The third-order valence-electron chi connectivity index (χ3n) is 5.98. The fraction of sp³-hybridized carbons (Fsp3) is 0.323. The Morgan fingerprint density at radius 1 is 0.842 bits per heavy atom.